The van der Waals surface area contributed by atoms with Crippen LogP contribution < -0.4 is 0 Å². The van der Waals surface area contributed by atoms with Gasteiger partial charge in [-0.15, -0.1) is 0 Å². The molecule has 0 amide bonds. The third-order valence-corrected chi connectivity index (χ3v) is 3.81. The average Bonchev–Trinajstić information content (AvgIpc) is 2.34. The van der Waals surface area contributed by atoms with Gasteiger partial charge in [0.15, 0.2) is 5.78 Å². The van der Waals surface area contributed by atoms with Crippen molar-refractivity contribution in [3.05, 3.63) is 53.2 Å². The van der Waals surface area contributed by atoms with Crippen LogP contribution in [0.3, 0.4) is 0 Å². The summed E-state index contributed by atoms with van der Waals surface area (Å²) in [5.74, 6) is 0.0470. The predicted octanol–water partition coefficient (Wildman–Crippen LogP) is 4.05. The number of aryl methyl sites for hydroxylation is 2. The molecule has 18 heavy (non-hydrogen) atoms. The molecule has 0 fully saturated rings. The first-order valence-corrected chi connectivity index (χ1v) is 6.60. The number of benzene rings is 1. The van der Waals surface area contributed by atoms with Crippen LogP contribution in [0, 0.1) is 13.8 Å². The molecule has 3 heteroatoms. The highest BCUT2D eigenvalue weighted by Crippen LogP contribution is 2.29. The largest absolute Gasteiger partial charge is 0.294 e. The van der Waals surface area contributed by atoms with Gasteiger partial charge in [-0.1, -0.05) is 23.9 Å². The van der Waals surface area contributed by atoms with Crippen LogP contribution in [0.2, 0.25) is 0 Å². The summed E-state index contributed by atoms with van der Waals surface area (Å²) in [6, 6.07) is 10.1. The molecule has 2 aromatic rings. The van der Waals surface area contributed by atoms with Crippen molar-refractivity contribution in [2.75, 3.05) is 0 Å². The van der Waals surface area contributed by atoms with Gasteiger partial charge in [-0.2, -0.15) is 0 Å². The van der Waals surface area contributed by atoms with Crippen molar-refractivity contribution in [2.45, 2.75) is 30.7 Å². The molecule has 1 aromatic carbocycles. The lowest BCUT2D eigenvalue weighted by atomic mass is 10.2. The summed E-state index contributed by atoms with van der Waals surface area (Å²) >= 11 is 1.63. The number of carbonyl (C=O) groups excluding carboxylic acids is 1. The average molecular weight is 257 g/mol. The normalized spacial score (nSPS) is 10.4. The van der Waals surface area contributed by atoms with E-state index >= 15 is 0 Å². The van der Waals surface area contributed by atoms with E-state index < -0.39 is 0 Å². The van der Waals surface area contributed by atoms with Crippen LogP contribution in [0.15, 0.2) is 46.5 Å². The molecule has 1 aromatic heterocycles. The van der Waals surface area contributed by atoms with Crippen molar-refractivity contribution in [3.8, 4) is 0 Å². The lowest BCUT2D eigenvalue weighted by molar-refractivity contribution is 0.101. The van der Waals surface area contributed by atoms with E-state index in [1.165, 1.54) is 16.0 Å². The number of hydrogen-bond acceptors (Lipinski definition) is 3. The molecule has 0 saturated carbocycles. The van der Waals surface area contributed by atoms with Gasteiger partial charge in [0.25, 0.3) is 0 Å². The van der Waals surface area contributed by atoms with Crippen molar-refractivity contribution in [3.63, 3.8) is 0 Å². The van der Waals surface area contributed by atoms with E-state index in [-0.39, 0.29) is 5.78 Å². The molecule has 0 saturated heterocycles. The van der Waals surface area contributed by atoms with Crippen molar-refractivity contribution >= 4 is 17.5 Å². The molecule has 0 unspecified atom stereocenters. The first-order valence-electron chi connectivity index (χ1n) is 5.78. The number of ketones is 1. The Bertz CT molecular complexity index is 576. The predicted molar refractivity (Wildman–Crippen MR) is 74.3 cm³/mol. The summed E-state index contributed by atoms with van der Waals surface area (Å²) in [5.41, 5.74) is 3.13. The van der Waals surface area contributed by atoms with Crippen LogP contribution in [-0.4, -0.2) is 10.8 Å². The number of aromatic nitrogens is 1. The van der Waals surface area contributed by atoms with Crippen LogP contribution in [0.5, 0.6) is 0 Å². The van der Waals surface area contributed by atoms with Gasteiger partial charge >= 0.3 is 0 Å². The van der Waals surface area contributed by atoms with Crippen LogP contribution in [-0.2, 0) is 0 Å². The number of Topliss-reactive ketones (excluding diaryl/α,β-unsaturated/α-hetero) is 1. The first-order chi connectivity index (χ1) is 8.56. The van der Waals surface area contributed by atoms with E-state index in [2.05, 4.69) is 37.0 Å². The minimum absolute atomic E-state index is 0.0470. The highest BCUT2D eigenvalue weighted by Gasteiger charge is 2.04. The lowest BCUT2D eigenvalue weighted by Gasteiger charge is -2.06. The summed E-state index contributed by atoms with van der Waals surface area (Å²) in [6.07, 6.45) is 1.63. The van der Waals surface area contributed by atoms with Gasteiger partial charge in [-0.25, -0.2) is 4.98 Å². The van der Waals surface area contributed by atoms with Gasteiger partial charge in [0.2, 0.25) is 0 Å². The zero-order valence-electron chi connectivity index (χ0n) is 10.7. The summed E-state index contributed by atoms with van der Waals surface area (Å²) in [6.45, 7) is 5.72. The summed E-state index contributed by atoms with van der Waals surface area (Å²) in [5, 5.41) is 0.911. The highest BCUT2D eigenvalue weighted by molar-refractivity contribution is 7.99. The van der Waals surface area contributed by atoms with Gasteiger partial charge in [0, 0.05) is 16.7 Å². The molecule has 92 valence electrons. The minimum Gasteiger partial charge on any atom is -0.294 e. The first kappa shape index (κ1) is 12.8. The Balaban J connectivity index is 2.23. The fourth-order valence-corrected chi connectivity index (χ4v) is 2.52. The van der Waals surface area contributed by atoms with Crippen molar-refractivity contribution in [2.24, 2.45) is 0 Å². The maximum Gasteiger partial charge on any atom is 0.161 e. The van der Waals surface area contributed by atoms with E-state index in [0.717, 1.165) is 5.03 Å². The molecule has 0 aliphatic carbocycles. The lowest BCUT2D eigenvalue weighted by Crippen LogP contribution is -1.93. The topological polar surface area (TPSA) is 30.0 Å². The molecule has 0 spiro atoms. The van der Waals surface area contributed by atoms with E-state index in [0.29, 0.717) is 5.56 Å². The second-order valence-electron chi connectivity index (χ2n) is 4.31. The van der Waals surface area contributed by atoms with E-state index in [4.69, 9.17) is 0 Å². The Morgan fingerprint density at radius 3 is 2.56 bits per heavy atom. The van der Waals surface area contributed by atoms with Gasteiger partial charge in [-0.05, 0) is 50.1 Å². The second kappa shape index (κ2) is 5.36. The molecule has 0 radical (unpaired) electrons. The third-order valence-electron chi connectivity index (χ3n) is 2.70. The van der Waals surface area contributed by atoms with E-state index in [1.54, 1.807) is 24.9 Å². The van der Waals surface area contributed by atoms with Crippen LogP contribution >= 0.6 is 11.8 Å². The highest BCUT2D eigenvalue weighted by atomic mass is 32.2. The summed E-state index contributed by atoms with van der Waals surface area (Å²) < 4.78 is 0. The Morgan fingerprint density at radius 1 is 1.17 bits per heavy atom. The maximum absolute atomic E-state index is 11.2. The number of carbonyl (C=O) groups is 1. The van der Waals surface area contributed by atoms with Gasteiger partial charge in [0.1, 0.15) is 5.03 Å². The van der Waals surface area contributed by atoms with Gasteiger partial charge in [0.05, 0.1) is 0 Å². The van der Waals surface area contributed by atoms with Crippen molar-refractivity contribution in [1.29, 1.82) is 0 Å². The molecule has 0 aliphatic rings. The van der Waals surface area contributed by atoms with Crippen molar-refractivity contribution in [1.82, 2.24) is 4.98 Å². The van der Waals surface area contributed by atoms with Gasteiger partial charge < -0.3 is 0 Å². The number of rotatable bonds is 3. The molecule has 2 rings (SSSR count). The standard InChI is InChI=1S/C15H15NOS/c1-10-4-5-11(2)14(8-10)18-15-7-6-13(9-16-15)12(3)17/h4-9H,1-3H3. The molecule has 2 nitrogen and oxygen atoms in total. The fourth-order valence-electron chi connectivity index (χ4n) is 1.58. The monoisotopic (exact) mass is 257 g/mol. The zero-order chi connectivity index (χ0) is 13.1. The second-order valence-corrected chi connectivity index (χ2v) is 5.37. The minimum atomic E-state index is 0.0470. The van der Waals surface area contributed by atoms with Crippen LogP contribution in [0.1, 0.15) is 28.4 Å². The molecular weight excluding hydrogens is 242 g/mol. The smallest absolute Gasteiger partial charge is 0.161 e. The van der Waals surface area contributed by atoms with Crippen LogP contribution in [0.25, 0.3) is 0 Å². The maximum atomic E-state index is 11.2. The Hall–Kier alpha value is -1.61. The molecular formula is C15H15NOS. The van der Waals surface area contributed by atoms with Crippen molar-refractivity contribution < 1.29 is 4.79 Å². The zero-order valence-corrected chi connectivity index (χ0v) is 11.5. The summed E-state index contributed by atoms with van der Waals surface area (Å²) in [4.78, 5) is 16.7. The molecule has 0 N–H and O–H groups in total. The summed E-state index contributed by atoms with van der Waals surface area (Å²) in [7, 11) is 0. The molecule has 0 atom stereocenters. The van der Waals surface area contributed by atoms with E-state index in [1.807, 2.05) is 12.1 Å². The Morgan fingerprint density at radius 2 is 1.94 bits per heavy atom. The number of pyridine rings is 1. The van der Waals surface area contributed by atoms with Crippen LogP contribution in [0.4, 0.5) is 0 Å². The molecule has 1 heterocycles. The fraction of sp³-hybridized carbons (Fsp3) is 0.200. The molecule has 0 aliphatic heterocycles. The number of hydrogen-bond donors (Lipinski definition) is 0. The quantitative estimate of drug-likeness (QED) is 0.777. The number of nitrogens with zero attached hydrogens (tertiary/aromatic N) is 1. The SMILES string of the molecule is CC(=O)c1ccc(Sc2cc(C)ccc2C)nc1. The van der Waals surface area contributed by atoms with Gasteiger partial charge in [-0.3, -0.25) is 4.79 Å². The van der Waals surface area contributed by atoms with E-state index in [9.17, 15) is 4.79 Å². The Kier molecular flexibility index (Phi) is 3.82. The third kappa shape index (κ3) is 2.99. The molecule has 0 bridgehead atoms. The Labute approximate surface area is 111 Å².